The van der Waals surface area contributed by atoms with Crippen LogP contribution < -0.4 is 5.32 Å². The van der Waals surface area contributed by atoms with Crippen LogP contribution in [0.1, 0.15) is 71.6 Å². The first kappa shape index (κ1) is 19.5. The third kappa shape index (κ3) is 3.48. The van der Waals surface area contributed by atoms with Crippen molar-refractivity contribution in [1.29, 1.82) is 0 Å². The lowest BCUT2D eigenvalue weighted by atomic mass is 9.40. The van der Waals surface area contributed by atoms with Gasteiger partial charge in [0.05, 0.1) is 5.41 Å². The topological polar surface area (TPSA) is 32.3 Å². The fraction of sp³-hybridized carbons (Fsp3) is 0.952. The van der Waals surface area contributed by atoms with Crippen LogP contribution in [0.5, 0.6) is 0 Å². The lowest BCUT2D eigenvalue weighted by molar-refractivity contribution is -0.180. The summed E-state index contributed by atoms with van der Waals surface area (Å²) in [7, 11) is 2.03. The van der Waals surface area contributed by atoms with Gasteiger partial charge in [-0.3, -0.25) is 4.79 Å². The van der Waals surface area contributed by atoms with Crippen molar-refractivity contribution in [3.8, 4) is 0 Å². The molecule has 4 heteroatoms. The smallest absolute Gasteiger partial charge is 0.228 e. The highest BCUT2D eigenvalue weighted by Crippen LogP contribution is 2.69. The monoisotopic (exact) mass is 368 g/mol. The maximum atomic E-state index is 13.6. The number of rotatable bonds is 4. The summed E-state index contributed by atoms with van der Waals surface area (Å²) in [6.45, 7) is 8.07. The fourth-order valence-corrected chi connectivity index (χ4v) is 7.79. The summed E-state index contributed by atoms with van der Waals surface area (Å²) in [6, 6.07) is 0. The van der Waals surface area contributed by atoms with E-state index in [0.29, 0.717) is 16.7 Å². The summed E-state index contributed by atoms with van der Waals surface area (Å²) in [5.41, 5.74) is 0.880. The van der Waals surface area contributed by atoms with Gasteiger partial charge in [-0.05, 0) is 94.0 Å². The highest BCUT2D eigenvalue weighted by atomic mass is 35.5. The van der Waals surface area contributed by atoms with Gasteiger partial charge < -0.3 is 10.2 Å². The Kier molecular flexibility index (Phi) is 5.23. The van der Waals surface area contributed by atoms with Crippen molar-refractivity contribution in [1.82, 2.24) is 10.2 Å². The minimum absolute atomic E-state index is 0. The molecule has 0 aromatic carbocycles. The van der Waals surface area contributed by atoms with Crippen LogP contribution in [-0.2, 0) is 4.79 Å². The molecule has 1 N–H and O–H groups in total. The number of halogens is 1. The Balaban J connectivity index is 0.00000182. The van der Waals surface area contributed by atoms with E-state index in [2.05, 4.69) is 24.1 Å². The minimum atomic E-state index is 0. The van der Waals surface area contributed by atoms with Crippen molar-refractivity contribution >= 4 is 18.3 Å². The SMILES string of the molecule is CNCCC1CCN(C(=O)C23CC4CC(C)(CC(C)(C4)C2)C3)CC1.Cl. The molecule has 1 saturated heterocycles. The van der Waals surface area contributed by atoms with Gasteiger partial charge in [-0.2, -0.15) is 0 Å². The second-order valence-corrected chi connectivity index (χ2v) is 10.5. The van der Waals surface area contributed by atoms with Crippen molar-refractivity contribution in [2.24, 2.45) is 28.1 Å². The Morgan fingerprint density at radius 1 is 1.04 bits per heavy atom. The number of piperidine rings is 1. The number of hydrogen-bond donors (Lipinski definition) is 1. The Bertz CT molecular complexity index is 496. The molecule has 3 nitrogen and oxygen atoms in total. The van der Waals surface area contributed by atoms with E-state index >= 15 is 0 Å². The van der Waals surface area contributed by atoms with Crippen molar-refractivity contribution in [3.63, 3.8) is 0 Å². The first-order valence-electron chi connectivity index (χ1n) is 10.3. The molecule has 4 saturated carbocycles. The first-order valence-corrected chi connectivity index (χ1v) is 10.3. The van der Waals surface area contributed by atoms with Gasteiger partial charge in [0.25, 0.3) is 0 Å². The van der Waals surface area contributed by atoms with Gasteiger partial charge in [0.1, 0.15) is 0 Å². The molecule has 5 fully saturated rings. The maximum absolute atomic E-state index is 13.6. The molecule has 0 aromatic rings. The highest BCUT2D eigenvalue weighted by molar-refractivity contribution is 5.85. The van der Waals surface area contributed by atoms with E-state index in [0.717, 1.165) is 31.5 Å². The van der Waals surface area contributed by atoms with E-state index in [1.807, 2.05) is 7.05 Å². The van der Waals surface area contributed by atoms with Crippen LogP contribution in [0.3, 0.4) is 0 Å². The standard InChI is InChI=1S/C21H36N2O.ClH/c1-19-10-17-11-20(2,13-19)15-21(12-17,14-19)18(24)23-8-5-16(6-9-23)4-7-22-3;/h16-17,22H,4-15H2,1-3H3;1H. The molecule has 4 aliphatic carbocycles. The quantitative estimate of drug-likeness (QED) is 0.804. The van der Waals surface area contributed by atoms with Crippen molar-refractivity contribution < 1.29 is 4.79 Å². The van der Waals surface area contributed by atoms with Gasteiger partial charge in [0.2, 0.25) is 5.91 Å². The molecule has 5 aliphatic rings. The summed E-state index contributed by atoms with van der Waals surface area (Å²) in [5.74, 6) is 2.16. The van der Waals surface area contributed by atoms with Gasteiger partial charge in [0.15, 0.2) is 0 Å². The van der Waals surface area contributed by atoms with Crippen LogP contribution in [0.4, 0.5) is 0 Å². The molecule has 2 atom stereocenters. The van der Waals surface area contributed by atoms with Crippen LogP contribution in [0, 0.1) is 28.1 Å². The zero-order valence-electron chi connectivity index (χ0n) is 16.4. The van der Waals surface area contributed by atoms with Crippen molar-refractivity contribution in [2.45, 2.75) is 71.6 Å². The maximum Gasteiger partial charge on any atom is 0.228 e. The third-order valence-electron chi connectivity index (χ3n) is 7.78. The predicted octanol–water partition coefficient (Wildman–Crippen LogP) is 4.25. The molecule has 144 valence electrons. The number of nitrogens with one attached hydrogen (secondary N) is 1. The van der Waals surface area contributed by atoms with Gasteiger partial charge in [0, 0.05) is 13.1 Å². The van der Waals surface area contributed by atoms with Crippen LogP contribution in [0.2, 0.25) is 0 Å². The number of nitrogens with zero attached hydrogens (tertiary/aromatic N) is 1. The van der Waals surface area contributed by atoms with Crippen LogP contribution in [-0.4, -0.2) is 37.5 Å². The summed E-state index contributed by atoms with van der Waals surface area (Å²) in [4.78, 5) is 15.8. The highest BCUT2D eigenvalue weighted by Gasteiger charge is 2.63. The molecule has 4 bridgehead atoms. The lowest BCUT2D eigenvalue weighted by Crippen LogP contribution is -2.61. The Labute approximate surface area is 160 Å². The van der Waals surface area contributed by atoms with Gasteiger partial charge in [-0.1, -0.05) is 13.8 Å². The number of carbonyl (C=O) groups is 1. The molecule has 1 amide bonds. The number of likely N-dealkylation sites (tertiary alicyclic amines) is 1. The molecule has 0 spiro atoms. The average Bonchev–Trinajstić information content (AvgIpc) is 2.49. The number of carbonyl (C=O) groups excluding carboxylic acids is 1. The molecule has 1 aliphatic heterocycles. The molecule has 1 heterocycles. The average molecular weight is 369 g/mol. The molecule has 2 unspecified atom stereocenters. The molecular weight excluding hydrogens is 332 g/mol. The normalized spacial score (nSPS) is 43.2. The summed E-state index contributed by atoms with van der Waals surface area (Å²) in [5, 5.41) is 3.27. The zero-order valence-corrected chi connectivity index (χ0v) is 17.2. The predicted molar refractivity (Wildman–Crippen MR) is 105 cm³/mol. The Hall–Kier alpha value is -0.280. The third-order valence-corrected chi connectivity index (χ3v) is 7.78. The molecule has 5 rings (SSSR count). The first-order chi connectivity index (χ1) is 11.4. The van der Waals surface area contributed by atoms with Gasteiger partial charge >= 0.3 is 0 Å². The van der Waals surface area contributed by atoms with Crippen molar-refractivity contribution in [3.05, 3.63) is 0 Å². The molecular formula is C21H37ClN2O. The van der Waals surface area contributed by atoms with E-state index in [-0.39, 0.29) is 17.8 Å². The van der Waals surface area contributed by atoms with E-state index in [9.17, 15) is 4.79 Å². The minimum Gasteiger partial charge on any atom is -0.342 e. The van der Waals surface area contributed by atoms with Crippen LogP contribution in [0.25, 0.3) is 0 Å². The zero-order chi connectivity index (χ0) is 17.0. The largest absolute Gasteiger partial charge is 0.342 e. The van der Waals surface area contributed by atoms with E-state index < -0.39 is 0 Å². The molecule has 25 heavy (non-hydrogen) atoms. The van der Waals surface area contributed by atoms with Crippen molar-refractivity contribution in [2.75, 3.05) is 26.7 Å². The lowest BCUT2D eigenvalue weighted by Gasteiger charge is -2.65. The summed E-state index contributed by atoms with van der Waals surface area (Å²) < 4.78 is 0. The Morgan fingerprint density at radius 3 is 2.16 bits per heavy atom. The van der Waals surface area contributed by atoms with E-state index in [4.69, 9.17) is 0 Å². The summed E-state index contributed by atoms with van der Waals surface area (Å²) in [6.07, 6.45) is 11.3. The van der Waals surface area contributed by atoms with E-state index in [1.165, 1.54) is 57.8 Å². The van der Waals surface area contributed by atoms with Crippen LogP contribution in [0.15, 0.2) is 0 Å². The van der Waals surface area contributed by atoms with E-state index in [1.54, 1.807) is 0 Å². The molecule has 0 aromatic heterocycles. The second-order valence-electron chi connectivity index (χ2n) is 10.5. The van der Waals surface area contributed by atoms with Gasteiger partial charge in [-0.25, -0.2) is 0 Å². The molecule has 0 radical (unpaired) electrons. The Morgan fingerprint density at radius 2 is 1.64 bits per heavy atom. The number of amides is 1. The van der Waals surface area contributed by atoms with Gasteiger partial charge in [-0.15, -0.1) is 12.4 Å². The summed E-state index contributed by atoms with van der Waals surface area (Å²) >= 11 is 0. The fourth-order valence-electron chi connectivity index (χ4n) is 7.79. The second kappa shape index (κ2) is 6.71. The number of hydrogen-bond acceptors (Lipinski definition) is 2. The van der Waals surface area contributed by atoms with Crippen LogP contribution >= 0.6 is 12.4 Å².